The first-order chi connectivity index (χ1) is 9.27. The molecule has 0 heterocycles. The van der Waals surface area contributed by atoms with E-state index in [0.717, 1.165) is 5.92 Å². The highest BCUT2D eigenvalue weighted by atomic mass is 14.9. The zero-order chi connectivity index (χ0) is 14.9. The standard InChI is InChI=1S/C19H31N/c1-13-7-8-18(15(3)9-13)16(4)20-17-10-14(2)11-19(5,6)12-17/h7-9,14,16-17,20H,10-12H2,1-6H3. The van der Waals surface area contributed by atoms with Crippen LogP contribution in [0.25, 0.3) is 0 Å². The normalized spacial score (nSPS) is 27.3. The Morgan fingerprint density at radius 2 is 1.90 bits per heavy atom. The fourth-order valence-electron chi connectivity index (χ4n) is 4.23. The van der Waals surface area contributed by atoms with Crippen LogP contribution in [0.5, 0.6) is 0 Å². The number of nitrogens with one attached hydrogen (secondary N) is 1. The predicted octanol–water partition coefficient (Wildman–Crippen LogP) is 5.17. The summed E-state index contributed by atoms with van der Waals surface area (Å²) < 4.78 is 0. The number of aryl methyl sites for hydroxylation is 2. The van der Waals surface area contributed by atoms with Crippen LogP contribution in [-0.4, -0.2) is 6.04 Å². The van der Waals surface area contributed by atoms with Gasteiger partial charge in [0, 0.05) is 12.1 Å². The quantitative estimate of drug-likeness (QED) is 0.801. The molecule has 1 N–H and O–H groups in total. The van der Waals surface area contributed by atoms with Gasteiger partial charge in [0.1, 0.15) is 0 Å². The van der Waals surface area contributed by atoms with Crippen LogP contribution in [0.15, 0.2) is 18.2 Å². The lowest BCUT2D eigenvalue weighted by Gasteiger charge is -2.40. The van der Waals surface area contributed by atoms with Crippen molar-refractivity contribution in [1.82, 2.24) is 5.32 Å². The molecule has 1 aromatic carbocycles. The van der Waals surface area contributed by atoms with Crippen LogP contribution in [-0.2, 0) is 0 Å². The fraction of sp³-hybridized carbons (Fsp3) is 0.684. The summed E-state index contributed by atoms with van der Waals surface area (Å²) in [5.74, 6) is 0.836. The van der Waals surface area contributed by atoms with Gasteiger partial charge in [-0.25, -0.2) is 0 Å². The van der Waals surface area contributed by atoms with Crippen LogP contribution in [0.2, 0.25) is 0 Å². The Hall–Kier alpha value is -0.820. The molecular formula is C19H31N. The highest BCUT2D eigenvalue weighted by Crippen LogP contribution is 2.39. The second-order valence-corrected chi connectivity index (χ2v) is 7.86. The summed E-state index contributed by atoms with van der Waals surface area (Å²) in [5, 5.41) is 3.88. The van der Waals surface area contributed by atoms with Crippen LogP contribution in [0.3, 0.4) is 0 Å². The van der Waals surface area contributed by atoms with Crippen LogP contribution in [0.1, 0.15) is 69.7 Å². The Morgan fingerprint density at radius 3 is 2.50 bits per heavy atom. The number of benzene rings is 1. The number of hydrogen-bond acceptors (Lipinski definition) is 1. The van der Waals surface area contributed by atoms with Crippen molar-refractivity contribution in [2.24, 2.45) is 11.3 Å². The van der Waals surface area contributed by atoms with Crippen molar-refractivity contribution in [3.05, 3.63) is 34.9 Å². The van der Waals surface area contributed by atoms with E-state index in [4.69, 9.17) is 0 Å². The maximum atomic E-state index is 3.88. The lowest BCUT2D eigenvalue weighted by atomic mass is 9.70. The molecule has 0 aliphatic heterocycles. The smallest absolute Gasteiger partial charge is 0.0296 e. The molecule has 3 atom stereocenters. The molecule has 1 fully saturated rings. The average molecular weight is 273 g/mol. The molecule has 1 heteroatoms. The van der Waals surface area contributed by atoms with Crippen LogP contribution in [0, 0.1) is 25.2 Å². The Kier molecular flexibility index (Phi) is 4.59. The lowest BCUT2D eigenvalue weighted by molar-refractivity contribution is 0.145. The summed E-state index contributed by atoms with van der Waals surface area (Å²) in [6.07, 6.45) is 3.98. The van der Waals surface area contributed by atoms with Crippen molar-refractivity contribution in [2.45, 2.75) is 72.9 Å². The minimum Gasteiger partial charge on any atom is -0.307 e. The molecule has 3 unspecified atom stereocenters. The molecule has 1 aromatic rings. The number of hydrogen-bond donors (Lipinski definition) is 1. The highest BCUT2D eigenvalue weighted by molar-refractivity contribution is 5.32. The third kappa shape index (κ3) is 3.85. The molecule has 112 valence electrons. The molecule has 1 aliphatic carbocycles. The minimum absolute atomic E-state index is 0.446. The van der Waals surface area contributed by atoms with Gasteiger partial charge in [0.15, 0.2) is 0 Å². The van der Waals surface area contributed by atoms with Crippen LogP contribution < -0.4 is 5.32 Å². The van der Waals surface area contributed by atoms with Crippen LogP contribution in [0.4, 0.5) is 0 Å². The molecule has 1 nitrogen and oxygen atoms in total. The van der Waals surface area contributed by atoms with Gasteiger partial charge in [0.25, 0.3) is 0 Å². The third-order valence-corrected chi connectivity index (χ3v) is 4.76. The predicted molar refractivity (Wildman–Crippen MR) is 88.1 cm³/mol. The Labute approximate surface area is 125 Å². The summed E-state index contributed by atoms with van der Waals surface area (Å²) in [7, 11) is 0. The Bertz CT molecular complexity index is 461. The van der Waals surface area contributed by atoms with Gasteiger partial charge in [-0.15, -0.1) is 0 Å². The summed E-state index contributed by atoms with van der Waals surface area (Å²) in [6, 6.07) is 7.92. The summed E-state index contributed by atoms with van der Waals surface area (Å²) in [6.45, 7) is 13.9. The van der Waals surface area contributed by atoms with Crippen molar-refractivity contribution in [3.8, 4) is 0 Å². The van der Waals surface area contributed by atoms with Gasteiger partial charge >= 0.3 is 0 Å². The zero-order valence-corrected chi connectivity index (χ0v) is 14.1. The van der Waals surface area contributed by atoms with Crippen molar-refractivity contribution >= 4 is 0 Å². The van der Waals surface area contributed by atoms with Crippen molar-refractivity contribution in [1.29, 1.82) is 0 Å². The van der Waals surface area contributed by atoms with E-state index in [1.54, 1.807) is 0 Å². The largest absolute Gasteiger partial charge is 0.307 e. The Morgan fingerprint density at radius 1 is 1.20 bits per heavy atom. The van der Waals surface area contributed by atoms with Gasteiger partial charge in [0.05, 0.1) is 0 Å². The third-order valence-electron chi connectivity index (χ3n) is 4.76. The van der Waals surface area contributed by atoms with E-state index in [1.807, 2.05) is 0 Å². The van der Waals surface area contributed by atoms with E-state index in [-0.39, 0.29) is 0 Å². The first-order valence-corrected chi connectivity index (χ1v) is 8.10. The second-order valence-electron chi connectivity index (χ2n) is 7.86. The van der Waals surface area contributed by atoms with Crippen molar-refractivity contribution < 1.29 is 0 Å². The Balaban J connectivity index is 2.05. The molecular weight excluding hydrogens is 242 g/mol. The molecule has 0 spiro atoms. The highest BCUT2D eigenvalue weighted by Gasteiger charge is 2.32. The molecule has 0 bridgehead atoms. The van der Waals surface area contributed by atoms with E-state index in [9.17, 15) is 0 Å². The summed E-state index contributed by atoms with van der Waals surface area (Å²) in [5.41, 5.74) is 4.70. The molecule has 20 heavy (non-hydrogen) atoms. The topological polar surface area (TPSA) is 12.0 Å². The molecule has 0 radical (unpaired) electrons. The summed E-state index contributed by atoms with van der Waals surface area (Å²) in [4.78, 5) is 0. The SMILES string of the molecule is Cc1ccc(C(C)NC2CC(C)CC(C)(C)C2)c(C)c1. The molecule has 0 amide bonds. The van der Waals surface area contributed by atoms with Gasteiger partial charge in [-0.05, 0) is 62.5 Å². The van der Waals surface area contributed by atoms with Gasteiger partial charge in [-0.2, -0.15) is 0 Å². The van der Waals surface area contributed by atoms with E-state index in [2.05, 4.69) is 65.1 Å². The maximum Gasteiger partial charge on any atom is 0.0296 e. The van der Waals surface area contributed by atoms with E-state index in [0.29, 0.717) is 17.5 Å². The average Bonchev–Trinajstić information content (AvgIpc) is 2.25. The number of rotatable bonds is 3. The first kappa shape index (κ1) is 15.6. The fourth-order valence-corrected chi connectivity index (χ4v) is 4.23. The summed E-state index contributed by atoms with van der Waals surface area (Å²) >= 11 is 0. The molecule has 0 saturated heterocycles. The lowest BCUT2D eigenvalue weighted by Crippen LogP contribution is -2.41. The molecule has 1 saturated carbocycles. The van der Waals surface area contributed by atoms with Gasteiger partial charge in [-0.1, -0.05) is 44.5 Å². The first-order valence-electron chi connectivity index (χ1n) is 8.10. The van der Waals surface area contributed by atoms with Gasteiger partial charge in [-0.3, -0.25) is 0 Å². The zero-order valence-electron chi connectivity index (χ0n) is 14.1. The minimum atomic E-state index is 0.446. The van der Waals surface area contributed by atoms with Crippen molar-refractivity contribution in [2.75, 3.05) is 0 Å². The van der Waals surface area contributed by atoms with Crippen LogP contribution >= 0.6 is 0 Å². The van der Waals surface area contributed by atoms with E-state index < -0.39 is 0 Å². The van der Waals surface area contributed by atoms with E-state index in [1.165, 1.54) is 36.0 Å². The van der Waals surface area contributed by atoms with Crippen molar-refractivity contribution in [3.63, 3.8) is 0 Å². The molecule has 0 aromatic heterocycles. The maximum absolute atomic E-state index is 3.88. The van der Waals surface area contributed by atoms with E-state index >= 15 is 0 Å². The van der Waals surface area contributed by atoms with Gasteiger partial charge in [0.2, 0.25) is 0 Å². The molecule has 2 rings (SSSR count). The van der Waals surface area contributed by atoms with Gasteiger partial charge < -0.3 is 5.32 Å². The molecule has 1 aliphatic rings. The monoisotopic (exact) mass is 273 g/mol. The second kappa shape index (κ2) is 5.89.